The molecular formula is C16H13FN2S. The summed E-state index contributed by atoms with van der Waals surface area (Å²) in [5, 5.41) is 10.1. The number of rotatable bonds is 2. The summed E-state index contributed by atoms with van der Waals surface area (Å²) in [7, 11) is 0. The fraction of sp³-hybridized carbons (Fsp3) is 0.250. The summed E-state index contributed by atoms with van der Waals surface area (Å²) < 4.78 is 12.9. The summed E-state index contributed by atoms with van der Waals surface area (Å²) in [4.78, 5) is 5.90. The lowest BCUT2D eigenvalue weighted by molar-refractivity contribution is 0.628. The summed E-state index contributed by atoms with van der Waals surface area (Å²) in [5.74, 6) is -0.273. The minimum absolute atomic E-state index is 0.273. The van der Waals surface area contributed by atoms with E-state index >= 15 is 0 Å². The predicted octanol–water partition coefficient (Wildman–Crippen LogP) is 4.23. The van der Waals surface area contributed by atoms with Crippen molar-refractivity contribution < 1.29 is 4.39 Å². The van der Waals surface area contributed by atoms with E-state index in [0.717, 1.165) is 29.1 Å². The van der Waals surface area contributed by atoms with Gasteiger partial charge in [-0.15, -0.1) is 11.3 Å². The van der Waals surface area contributed by atoms with Crippen molar-refractivity contribution in [3.05, 3.63) is 51.2 Å². The molecule has 0 saturated heterocycles. The van der Waals surface area contributed by atoms with E-state index in [4.69, 9.17) is 0 Å². The molecule has 1 aromatic carbocycles. The standard InChI is InChI=1S/C16H13FN2S/c17-13-7-5-11(6-8-13)9-12(10-18)16-19-14-3-1-2-4-15(14)20-16/h5-9H,1-4H2/b12-9+. The Hall–Kier alpha value is -1.99. The minimum Gasteiger partial charge on any atom is -0.240 e. The van der Waals surface area contributed by atoms with Crippen LogP contribution in [0.1, 0.15) is 34.0 Å². The molecular weight excluding hydrogens is 271 g/mol. The zero-order valence-corrected chi connectivity index (χ0v) is 11.7. The van der Waals surface area contributed by atoms with Crippen molar-refractivity contribution >= 4 is 23.0 Å². The third kappa shape index (κ3) is 2.63. The zero-order valence-electron chi connectivity index (χ0n) is 10.9. The van der Waals surface area contributed by atoms with E-state index in [0.29, 0.717) is 5.57 Å². The molecule has 20 heavy (non-hydrogen) atoms. The van der Waals surface area contributed by atoms with E-state index < -0.39 is 0 Å². The fourth-order valence-electron chi connectivity index (χ4n) is 2.33. The molecule has 0 fully saturated rings. The summed E-state index contributed by atoms with van der Waals surface area (Å²) in [6.07, 6.45) is 6.24. The molecule has 0 spiro atoms. The highest BCUT2D eigenvalue weighted by atomic mass is 32.1. The molecule has 100 valence electrons. The predicted molar refractivity (Wildman–Crippen MR) is 78.6 cm³/mol. The number of allylic oxidation sites excluding steroid dienone is 1. The van der Waals surface area contributed by atoms with E-state index in [1.54, 1.807) is 29.5 Å². The second-order valence-electron chi connectivity index (χ2n) is 4.82. The molecule has 0 atom stereocenters. The smallest absolute Gasteiger partial charge is 0.134 e. The van der Waals surface area contributed by atoms with E-state index in [1.807, 2.05) is 0 Å². The van der Waals surface area contributed by atoms with Gasteiger partial charge in [-0.05, 0) is 49.5 Å². The van der Waals surface area contributed by atoms with Crippen molar-refractivity contribution in [3.63, 3.8) is 0 Å². The lowest BCUT2D eigenvalue weighted by Gasteiger charge is -2.06. The molecule has 1 heterocycles. The number of hydrogen-bond donors (Lipinski definition) is 0. The Morgan fingerprint density at radius 1 is 1.25 bits per heavy atom. The van der Waals surface area contributed by atoms with Crippen LogP contribution in [0, 0.1) is 17.1 Å². The van der Waals surface area contributed by atoms with Crippen molar-refractivity contribution in [2.75, 3.05) is 0 Å². The van der Waals surface area contributed by atoms with Gasteiger partial charge >= 0.3 is 0 Å². The number of halogens is 1. The molecule has 2 nitrogen and oxygen atoms in total. The molecule has 0 bridgehead atoms. The molecule has 1 aliphatic carbocycles. The van der Waals surface area contributed by atoms with Crippen LogP contribution in [0.5, 0.6) is 0 Å². The molecule has 0 saturated carbocycles. The number of nitriles is 1. The van der Waals surface area contributed by atoms with Crippen LogP contribution < -0.4 is 0 Å². The highest BCUT2D eigenvalue weighted by molar-refractivity contribution is 7.13. The average Bonchev–Trinajstić information content (AvgIpc) is 2.90. The van der Waals surface area contributed by atoms with Crippen LogP contribution in [-0.2, 0) is 12.8 Å². The number of aromatic nitrogens is 1. The van der Waals surface area contributed by atoms with E-state index in [9.17, 15) is 9.65 Å². The van der Waals surface area contributed by atoms with Gasteiger partial charge in [-0.3, -0.25) is 0 Å². The Bertz CT molecular complexity index is 669. The zero-order chi connectivity index (χ0) is 13.9. The van der Waals surface area contributed by atoms with Gasteiger partial charge in [0.2, 0.25) is 0 Å². The third-order valence-electron chi connectivity index (χ3n) is 3.38. The normalized spacial score (nSPS) is 14.7. The Kier molecular flexibility index (Phi) is 3.62. The van der Waals surface area contributed by atoms with Gasteiger partial charge in [-0.1, -0.05) is 12.1 Å². The van der Waals surface area contributed by atoms with Gasteiger partial charge < -0.3 is 0 Å². The van der Waals surface area contributed by atoms with Gasteiger partial charge in [-0.25, -0.2) is 9.37 Å². The summed E-state index contributed by atoms with van der Waals surface area (Å²) >= 11 is 1.61. The molecule has 0 amide bonds. The largest absolute Gasteiger partial charge is 0.240 e. The molecule has 0 radical (unpaired) electrons. The van der Waals surface area contributed by atoms with Crippen LogP contribution in [-0.4, -0.2) is 4.98 Å². The maximum absolute atomic E-state index is 12.9. The van der Waals surface area contributed by atoms with Crippen LogP contribution in [0.2, 0.25) is 0 Å². The Morgan fingerprint density at radius 2 is 2.00 bits per heavy atom. The molecule has 1 aromatic heterocycles. The van der Waals surface area contributed by atoms with E-state index in [2.05, 4.69) is 11.1 Å². The summed E-state index contributed by atoms with van der Waals surface area (Å²) in [5.41, 5.74) is 2.52. The lowest BCUT2D eigenvalue weighted by Crippen LogP contribution is -1.99. The molecule has 1 aliphatic rings. The van der Waals surface area contributed by atoms with Crippen molar-refractivity contribution in [1.82, 2.24) is 4.98 Å². The average molecular weight is 284 g/mol. The summed E-state index contributed by atoms with van der Waals surface area (Å²) in [6.45, 7) is 0. The fourth-order valence-corrected chi connectivity index (χ4v) is 3.45. The van der Waals surface area contributed by atoms with Crippen molar-refractivity contribution in [1.29, 1.82) is 5.26 Å². The van der Waals surface area contributed by atoms with Gasteiger partial charge in [0.05, 0.1) is 11.3 Å². The number of thiazole rings is 1. The van der Waals surface area contributed by atoms with Crippen molar-refractivity contribution in [2.24, 2.45) is 0 Å². The Labute approximate surface area is 121 Å². The van der Waals surface area contributed by atoms with Gasteiger partial charge in [0.1, 0.15) is 16.9 Å². The van der Waals surface area contributed by atoms with Gasteiger partial charge in [0.15, 0.2) is 0 Å². The Balaban J connectivity index is 1.95. The maximum Gasteiger partial charge on any atom is 0.134 e. The third-order valence-corrected chi connectivity index (χ3v) is 4.57. The first-order chi connectivity index (χ1) is 9.76. The summed E-state index contributed by atoms with van der Waals surface area (Å²) in [6, 6.07) is 8.33. The molecule has 0 unspecified atom stereocenters. The van der Waals surface area contributed by atoms with Crippen LogP contribution in [0.4, 0.5) is 4.39 Å². The SMILES string of the molecule is N#C/C(=C\c1ccc(F)cc1)c1nc2c(s1)CCCC2. The first kappa shape index (κ1) is 13.0. The van der Waals surface area contributed by atoms with Crippen LogP contribution in [0.25, 0.3) is 11.6 Å². The molecule has 0 aliphatic heterocycles. The molecule has 0 N–H and O–H groups in total. The van der Waals surface area contributed by atoms with Gasteiger partial charge in [0, 0.05) is 4.88 Å². The monoisotopic (exact) mass is 284 g/mol. The highest BCUT2D eigenvalue weighted by Gasteiger charge is 2.17. The van der Waals surface area contributed by atoms with Crippen LogP contribution in [0.15, 0.2) is 24.3 Å². The first-order valence-electron chi connectivity index (χ1n) is 6.62. The Morgan fingerprint density at radius 3 is 2.70 bits per heavy atom. The van der Waals surface area contributed by atoms with Crippen LogP contribution >= 0.6 is 11.3 Å². The molecule has 2 aromatic rings. The number of benzene rings is 1. The molecule has 4 heteroatoms. The molecule has 3 rings (SSSR count). The van der Waals surface area contributed by atoms with E-state index in [1.165, 1.54) is 29.9 Å². The topological polar surface area (TPSA) is 36.7 Å². The van der Waals surface area contributed by atoms with E-state index in [-0.39, 0.29) is 5.82 Å². The van der Waals surface area contributed by atoms with Gasteiger partial charge in [-0.2, -0.15) is 5.26 Å². The number of fused-ring (bicyclic) bond motifs is 1. The first-order valence-corrected chi connectivity index (χ1v) is 7.44. The number of aryl methyl sites for hydroxylation is 2. The second kappa shape index (κ2) is 5.56. The quantitative estimate of drug-likeness (QED) is 0.774. The van der Waals surface area contributed by atoms with Crippen molar-refractivity contribution in [3.8, 4) is 6.07 Å². The minimum atomic E-state index is -0.273. The lowest BCUT2D eigenvalue weighted by atomic mass is 10.0. The number of hydrogen-bond acceptors (Lipinski definition) is 3. The van der Waals surface area contributed by atoms with Gasteiger partial charge in [0.25, 0.3) is 0 Å². The number of nitrogens with zero attached hydrogens (tertiary/aromatic N) is 2. The van der Waals surface area contributed by atoms with Crippen LogP contribution in [0.3, 0.4) is 0 Å². The highest BCUT2D eigenvalue weighted by Crippen LogP contribution is 2.30. The maximum atomic E-state index is 12.9. The van der Waals surface area contributed by atoms with Crippen molar-refractivity contribution in [2.45, 2.75) is 25.7 Å². The second-order valence-corrected chi connectivity index (χ2v) is 5.90.